The summed E-state index contributed by atoms with van der Waals surface area (Å²) >= 11 is 5.99. The number of carbonyl (C=O) groups excluding carboxylic acids is 1. The Morgan fingerprint density at radius 1 is 1.47 bits per heavy atom. The minimum atomic E-state index is -0.147. The number of rotatable bonds is 3. The molecule has 1 fully saturated rings. The first-order valence-corrected chi connectivity index (χ1v) is 6.76. The molecule has 0 saturated carbocycles. The number of amides is 1. The molecule has 1 saturated heterocycles. The maximum Gasteiger partial charge on any atom is 0.238 e. The number of anilines is 1. The van der Waals surface area contributed by atoms with Crippen molar-refractivity contribution in [3.05, 3.63) is 29.3 Å². The summed E-state index contributed by atoms with van der Waals surface area (Å²) in [5.74, 6) is -0.129. The highest BCUT2D eigenvalue weighted by atomic mass is 35.5. The van der Waals surface area contributed by atoms with Gasteiger partial charge in [0.25, 0.3) is 0 Å². The number of nitrogens with one attached hydrogen (secondary N) is 1. The van der Waals surface area contributed by atoms with E-state index in [2.05, 4.69) is 11.4 Å². The van der Waals surface area contributed by atoms with Crippen molar-refractivity contribution in [2.45, 2.75) is 25.3 Å². The molecular weight excluding hydrogens is 262 g/mol. The van der Waals surface area contributed by atoms with E-state index in [1.54, 1.807) is 12.1 Å². The molecule has 0 aromatic heterocycles. The van der Waals surface area contributed by atoms with Crippen molar-refractivity contribution in [1.29, 1.82) is 5.26 Å². The zero-order chi connectivity index (χ0) is 13.7. The van der Waals surface area contributed by atoms with Crippen LogP contribution in [0, 0.1) is 11.3 Å². The normalized spacial score (nSPS) is 19.7. The van der Waals surface area contributed by atoms with Crippen molar-refractivity contribution in [3.63, 3.8) is 0 Å². The lowest BCUT2D eigenvalue weighted by atomic mass is 10.0. The average Bonchev–Trinajstić information content (AvgIpc) is 2.42. The Labute approximate surface area is 118 Å². The van der Waals surface area contributed by atoms with Gasteiger partial charge in [0.1, 0.15) is 0 Å². The highest BCUT2D eigenvalue weighted by Crippen LogP contribution is 2.21. The van der Waals surface area contributed by atoms with Crippen molar-refractivity contribution < 1.29 is 4.79 Å². The van der Waals surface area contributed by atoms with Crippen LogP contribution in [0.1, 0.15) is 19.3 Å². The molecule has 1 N–H and O–H groups in total. The molecule has 1 unspecified atom stereocenters. The molecule has 1 atom stereocenters. The summed E-state index contributed by atoms with van der Waals surface area (Å²) in [7, 11) is 0. The molecule has 1 amide bonds. The molecule has 4 nitrogen and oxygen atoms in total. The standard InChI is InChI=1S/C14H16ClN3O/c15-12-6-1-2-7-13(12)17-14(19)10-18-8-4-3-5-11(18)9-16/h1-2,6-7,11H,3-5,8,10H2,(H,17,19). The summed E-state index contributed by atoms with van der Waals surface area (Å²) in [6.07, 6.45) is 2.94. The highest BCUT2D eigenvalue weighted by Gasteiger charge is 2.23. The predicted octanol–water partition coefficient (Wildman–Crippen LogP) is 2.66. The predicted molar refractivity (Wildman–Crippen MR) is 74.9 cm³/mol. The number of piperidine rings is 1. The van der Waals surface area contributed by atoms with E-state index in [-0.39, 0.29) is 18.5 Å². The molecule has 0 radical (unpaired) electrons. The third-order valence-electron chi connectivity index (χ3n) is 3.26. The lowest BCUT2D eigenvalue weighted by Gasteiger charge is -2.30. The molecule has 100 valence electrons. The van der Waals surface area contributed by atoms with E-state index in [1.165, 1.54) is 0 Å². The minimum Gasteiger partial charge on any atom is -0.324 e. The summed E-state index contributed by atoms with van der Waals surface area (Å²) in [5.41, 5.74) is 0.611. The molecule has 0 spiro atoms. The monoisotopic (exact) mass is 277 g/mol. The maximum absolute atomic E-state index is 12.0. The van der Waals surface area contributed by atoms with E-state index in [0.717, 1.165) is 25.8 Å². The van der Waals surface area contributed by atoms with Crippen molar-refractivity contribution in [3.8, 4) is 6.07 Å². The van der Waals surface area contributed by atoms with Crippen LogP contribution in [0.2, 0.25) is 5.02 Å². The van der Waals surface area contributed by atoms with Gasteiger partial charge in [-0.2, -0.15) is 5.26 Å². The summed E-state index contributed by atoms with van der Waals surface area (Å²) in [6.45, 7) is 1.04. The molecule has 1 aromatic carbocycles. The smallest absolute Gasteiger partial charge is 0.238 e. The van der Waals surface area contributed by atoms with Crippen LogP contribution in [-0.2, 0) is 4.79 Å². The number of para-hydroxylation sites is 1. The maximum atomic E-state index is 12.0. The largest absolute Gasteiger partial charge is 0.324 e. The zero-order valence-corrected chi connectivity index (χ0v) is 11.4. The fourth-order valence-corrected chi connectivity index (χ4v) is 2.45. The number of nitriles is 1. The molecule has 1 heterocycles. The molecule has 1 aromatic rings. The fraction of sp³-hybridized carbons (Fsp3) is 0.429. The van der Waals surface area contributed by atoms with E-state index in [1.807, 2.05) is 17.0 Å². The van der Waals surface area contributed by atoms with Crippen LogP contribution in [0.25, 0.3) is 0 Å². The lowest BCUT2D eigenvalue weighted by Crippen LogP contribution is -2.43. The van der Waals surface area contributed by atoms with Gasteiger partial charge in [-0.15, -0.1) is 0 Å². The second-order valence-electron chi connectivity index (χ2n) is 4.64. The molecule has 1 aliphatic rings. The van der Waals surface area contributed by atoms with E-state index >= 15 is 0 Å². The second-order valence-corrected chi connectivity index (χ2v) is 5.05. The number of benzene rings is 1. The summed E-state index contributed by atoms with van der Waals surface area (Å²) in [6, 6.07) is 9.24. The molecular formula is C14H16ClN3O. The molecule has 19 heavy (non-hydrogen) atoms. The summed E-state index contributed by atoms with van der Waals surface area (Å²) in [4.78, 5) is 13.9. The van der Waals surface area contributed by atoms with Crippen molar-refractivity contribution in [2.75, 3.05) is 18.4 Å². The van der Waals surface area contributed by atoms with E-state index in [0.29, 0.717) is 10.7 Å². The van der Waals surface area contributed by atoms with Gasteiger partial charge >= 0.3 is 0 Å². The van der Waals surface area contributed by atoms with Crippen molar-refractivity contribution in [2.24, 2.45) is 0 Å². The third kappa shape index (κ3) is 3.69. The summed E-state index contributed by atoms with van der Waals surface area (Å²) in [5, 5.41) is 12.4. The first-order valence-electron chi connectivity index (χ1n) is 6.39. The van der Waals surface area contributed by atoms with Crippen molar-refractivity contribution in [1.82, 2.24) is 4.90 Å². The van der Waals surface area contributed by atoms with Crippen LogP contribution in [0.4, 0.5) is 5.69 Å². The Kier molecular flexibility index (Phi) is 4.78. The van der Waals surface area contributed by atoms with Crippen molar-refractivity contribution >= 4 is 23.2 Å². The quantitative estimate of drug-likeness (QED) is 0.924. The number of hydrogen-bond acceptors (Lipinski definition) is 3. The molecule has 0 bridgehead atoms. The minimum absolute atomic E-state index is 0.129. The molecule has 5 heteroatoms. The van der Waals surface area contributed by atoms with Gasteiger partial charge in [-0.3, -0.25) is 9.69 Å². The van der Waals surface area contributed by atoms with Gasteiger partial charge in [0, 0.05) is 0 Å². The van der Waals surface area contributed by atoms with Gasteiger partial charge in [-0.05, 0) is 37.9 Å². The van der Waals surface area contributed by atoms with Gasteiger partial charge in [0.05, 0.1) is 29.4 Å². The molecule has 0 aliphatic carbocycles. The second kappa shape index (κ2) is 6.55. The average molecular weight is 278 g/mol. The first kappa shape index (κ1) is 13.9. The van der Waals surface area contributed by atoms with Gasteiger partial charge in [-0.1, -0.05) is 23.7 Å². The number of nitrogens with zero attached hydrogens (tertiary/aromatic N) is 2. The lowest BCUT2D eigenvalue weighted by molar-refractivity contribution is -0.117. The Hall–Kier alpha value is -1.57. The third-order valence-corrected chi connectivity index (χ3v) is 3.59. The van der Waals surface area contributed by atoms with Crippen LogP contribution >= 0.6 is 11.6 Å². The number of hydrogen-bond donors (Lipinski definition) is 1. The highest BCUT2D eigenvalue weighted by molar-refractivity contribution is 6.33. The Balaban J connectivity index is 1.94. The zero-order valence-electron chi connectivity index (χ0n) is 10.6. The van der Waals surface area contributed by atoms with Gasteiger partial charge in [0.15, 0.2) is 0 Å². The number of carbonyl (C=O) groups is 1. The Bertz CT molecular complexity index is 498. The molecule has 2 rings (SSSR count). The van der Waals surface area contributed by atoms with Crippen LogP contribution in [0.5, 0.6) is 0 Å². The fourth-order valence-electron chi connectivity index (χ4n) is 2.26. The van der Waals surface area contributed by atoms with E-state index < -0.39 is 0 Å². The topological polar surface area (TPSA) is 56.1 Å². The van der Waals surface area contributed by atoms with Gasteiger partial charge in [0.2, 0.25) is 5.91 Å². The van der Waals surface area contributed by atoms with Crippen LogP contribution < -0.4 is 5.32 Å². The van der Waals surface area contributed by atoms with Gasteiger partial charge < -0.3 is 5.32 Å². The Morgan fingerprint density at radius 3 is 3.00 bits per heavy atom. The van der Waals surface area contributed by atoms with Crippen LogP contribution in [-0.4, -0.2) is 29.9 Å². The van der Waals surface area contributed by atoms with Crippen LogP contribution in [0.15, 0.2) is 24.3 Å². The first-order chi connectivity index (χ1) is 9.20. The number of halogens is 1. The number of likely N-dealkylation sites (tertiary alicyclic amines) is 1. The van der Waals surface area contributed by atoms with E-state index in [4.69, 9.17) is 16.9 Å². The summed E-state index contributed by atoms with van der Waals surface area (Å²) < 4.78 is 0. The van der Waals surface area contributed by atoms with E-state index in [9.17, 15) is 4.79 Å². The molecule has 1 aliphatic heterocycles. The SMILES string of the molecule is N#CC1CCCCN1CC(=O)Nc1ccccc1Cl. The Morgan fingerprint density at radius 2 is 2.26 bits per heavy atom. The van der Waals surface area contributed by atoms with Crippen LogP contribution in [0.3, 0.4) is 0 Å². The van der Waals surface area contributed by atoms with Gasteiger partial charge in [-0.25, -0.2) is 0 Å².